The minimum atomic E-state index is 0.154. The maximum atomic E-state index is 5.95. The second-order valence-electron chi connectivity index (χ2n) is 5.84. The largest absolute Gasteiger partial charge is 0.382 e. The normalized spacial score (nSPS) is 11.5. The van der Waals surface area contributed by atoms with E-state index in [-0.39, 0.29) is 6.04 Å². The Hall–Kier alpha value is -3.22. The lowest BCUT2D eigenvalue weighted by Gasteiger charge is -2.14. The molecule has 0 saturated carbocycles. The van der Waals surface area contributed by atoms with E-state index in [1.807, 2.05) is 28.8 Å². The molecule has 4 aromatic rings. The first kappa shape index (κ1) is 14.4. The van der Waals surface area contributed by atoms with E-state index in [0.717, 1.165) is 16.6 Å². The van der Waals surface area contributed by atoms with Crippen molar-refractivity contribution in [3.8, 4) is 0 Å². The van der Waals surface area contributed by atoms with Crippen LogP contribution in [-0.4, -0.2) is 24.5 Å². The highest BCUT2D eigenvalue weighted by Crippen LogP contribution is 2.29. The molecule has 3 heterocycles. The Bertz CT molecular complexity index is 1030. The molecule has 7 heteroatoms. The number of nitrogens with zero attached hydrogens (tertiary/aromatic N) is 5. The fraction of sp³-hybridized carbons (Fsp3) is 0.176. The standard InChI is InChI=1S/C17H17N7/c1-10(2)24-16-13(14(18)20-9-21-16)22-17(24)23-15-12-6-4-3-5-11(12)7-8-19-15/h3-10H,1-2H3,(H2,18,20,21)(H,19,22,23). The highest BCUT2D eigenvalue weighted by Gasteiger charge is 2.17. The van der Waals surface area contributed by atoms with E-state index >= 15 is 0 Å². The van der Waals surface area contributed by atoms with Gasteiger partial charge in [-0.05, 0) is 25.3 Å². The third-order valence-corrected chi connectivity index (χ3v) is 3.93. The van der Waals surface area contributed by atoms with Crippen molar-refractivity contribution < 1.29 is 0 Å². The van der Waals surface area contributed by atoms with Gasteiger partial charge in [-0.15, -0.1) is 0 Å². The summed E-state index contributed by atoms with van der Waals surface area (Å²) < 4.78 is 2.00. The van der Waals surface area contributed by atoms with Gasteiger partial charge in [0, 0.05) is 17.6 Å². The van der Waals surface area contributed by atoms with Crippen LogP contribution in [-0.2, 0) is 0 Å². The fourth-order valence-corrected chi connectivity index (χ4v) is 2.83. The lowest BCUT2D eigenvalue weighted by molar-refractivity contribution is 0.620. The lowest BCUT2D eigenvalue weighted by atomic mass is 10.1. The second kappa shape index (κ2) is 5.45. The quantitative estimate of drug-likeness (QED) is 0.602. The zero-order valence-corrected chi connectivity index (χ0v) is 13.4. The molecule has 7 nitrogen and oxygen atoms in total. The van der Waals surface area contributed by atoms with Gasteiger partial charge >= 0.3 is 0 Å². The molecule has 3 N–H and O–H groups in total. The van der Waals surface area contributed by atoms with Gasteiger partial charge in [-0.2, -0.15) is 0 Å². The van der Waals surface area contributed by atoms with Crippen LogP contribution in [0.25, 0.3) is 21.9 Å². The van der Waals surface area contributed by atoms with Crippen LogP contribution in [0.15, 0.2) is 42.9 Å². The van der Waals surface area contributed by atoms with Crippen LogP contribution in [0.3, 0.4) is 0 Å². The SMILES string of the molecule is CC(C)n1c(Nc2nccc3ccccc23)nc2c(N)ncnc21. The van der Waals surface area contributed by atoms with Crippen LogP contribution in [0.4, 0.5) is 17.6 Å². The number of hydrogen-bond donors (Lipinski definition) is 2. The number of pyridine rings is 1. The maximum absolute atomic E-state index is 5.95. The number of imidazole rings is 1. The third kappa shape index (κ3) is 2.21. The van der Waals surface area contributed by atoms with E-state index in [2.05, 4.69) is 45.2 Å². The van der Waals surface area contributed by atoms with Gasteiger partial charge in [0.2, 0.25) is 5.95 Å². The zero-order valence-electron chi connectivity index (χ0n) is 13.4. The smallest absolute Gasteiger partial charge is 0.211 e. The zero-order chi connectivity index (χ0) is 16.7. The van der Waals surface area contributed by atoms with Crippen molar-refractivity contribution in [1.29, 1.82) is 0 Å². The first-order valence-electron chi connectivity index (χ1n) is 7.74. The predicted molar refractivity (Wildman–Crippen MR) is 95.1 cm³/mol. The number of benzene rings is 1. The van der Waals surface area contributed by atoms with E-state index in [1.165, 1.54) is 6.33 Å². The molecule has 24 heavy (non-hydrogen) atoms. The second-order valence-corrected chi connectivity index (χ2v) is 5.84. The molecule has 0 bridgehead atoms. The lowest BCUT2D eigenvalue weighted by Crippen LogP contribution is -2.07. The molecule has 3 aromatic heterocycles. The molecule has 0 amide bonds. The molecule has 0 radical (unpaired) electrons. The summed E-state index contributed by atoms with van der Waals surface area (Å²) in [5.41, 5.74) is 7.25. The molecule has 0 aliphatic carbocycles. The van der Waals surface area contributed by atoms with Gasteiger partial charge in [0.15, 0.2) is 17.0 Å². The average molecular weight is 319 g/mol. The summed E-state index contributed by atoms with van der Waals surface area (Å²) in [6.45, 7) is 4.14. The summed E-state index contributed by atoms with van der Waals surface area (Å²) in [4.78, 5) is 17.4. The van der Waals surface area contributed by atoms with E-state index in [1.54, 1.807) is 6.20 Å². The molecule has 0 spiro atoms. The number of nitrogens with one attached hydrogen (secondary N) is 1. The van der Waals surface area contributed by atoms with Gasteiger partial charge in [-0.1, -0.05) is 24.3 Å². The van der Waals surface area contributed by atoms with Crippen molar-refractivity contribution in [3.05, 3.63) is 42.9 Å². The van der Waals surface area contributed by atoms with Crippen molar-refractivity contribution >= 4 is 39.5 Å². The molecule has 120 valence electrons. The van der Waals surface area contributed by atoms with Gasteiger partial charge in [0.25, 0.3) is 0 Å². The fourth-order valence-electron chi connectivity index (χ4n) is 2.83. The van der Waals surface area contributed by atoms with Crippen molar-refractivity contribution in [3.63, 3.8) is 0 Å². The van der Waals surface area contributed by atoms with Gasteiger partial charge in [0.1, 0.15) is 12.1 Å². The van der Waals surface area contributed by atoms with Crippen LogP contribution in [0.1, 0.15) is 19.9 Å². The summed E-state index contributed by atoms with van der Waals surface area (Å²) in [5, 5.41) is 5.47. The summed E-state index contributed by atoms with van der Waals surface area (Å²) in [7, 11) is 0. The first-order chi connectivity index (χ1) is 11.6. The minimum Gasteiger partial charge on any atom is -0.382 e. The van der Waals surface area contributed by atoms with Gasteiger partial charge < -0.3 is 11.1 Å². The van der Waals surface area contributed by atoms with Crippen molar-refractivity contribution in [1.82, 2.24) is 24.5 Å². The molecule has 0 fully saturated rings. The topological polar surface area (TPSA) is 94.5 Å². The van der Waals surface area contributed by atoms with Crippen LogP contribution >= 0.6 is 0 Å². The summed E-state index contributed by atoms with van der Waals surface area (Å²) >= 11 is 0. The molecular formula is C17H17N7. The Kier molecular flexibility index (Phi) is 3.26. The number of hydrogen-bond acceptors (Lipinski definition) is 6. The molecule has 0 aliphatic rings. The number of aromatic nitrogens is 5. The number of anilines is 3. The molecular weight excluding hydrogens is 302 g/mol. The van der Waals surface area contributed by atoms with Gasteiger partial charge in [-0.25, -0.2) is 19.9 Å². The summed E-state index contributed by atoms with van der Waals surface area (Å²) in [6, 6.07) is 10.2. The van der Waals surface area contributed by atoms with Crippen molar-refractivity contribution in [2.24, 2.45) is 0 Å². The number of rotatable bonds is 3. The Morgan fingerprint density at radius 1 is 1.08 bits per heavy atom. The Balaban J connectivity index is 1.90. The highest BCUT2D eigenvalue weighted by atomic mass is 15.3. The third-order valence-electron chi connectivity index (χ3n) is 3.93. The maximum Gasteiger partial charge on any atom is 0.211 e. The van der Waals surface area contributed by atoms with E-state index < -0.39 is 0 Å². The molecule has 0 aliphatic heterocycles. The van der Waals surface area contributed by atoms with Crippen LogP contribution in [0.2, 0.25) is 0 Å². The predicted octanol–water partition coefficient (Wildman–Crippen LogP) is 3.28. The minimum absolute atomic E-state index is 0.154. The van der Waals surface area contributed by atoms with E-state index in [9.17, 15) is 0 Å². The van der Waals surface area contributed by atoms with Crippen LogP contribution < -0.4 is 11.1 Å². The Labute approximate surface area is 138 Å². The van der Waals surface area contributed by atoms with E-state index in [0.29, 0.717) is 22.9 Å². The van der Waals surface area contributed by atoms with Gasteiger partial charge in [0.05, 0.1) is 0 Å². The molecule has 0 atom stereocenters. The number of fused-ring (bicyclic) bond motifs is 2. The first-order valence-corrected chi connectivity index (χ1v) is 7.74. The summed E-state index contributed by atoms with van der Waals surface area (Å²) in [6.07, 6.45) is 3.24. The molecule has 0 unspecified atom stereocenters. The molecule has 4 rings (SSSR count). The average Bonchev–Trinajstić information content (AvgIpc) is 2.95. The Morgan fingerprint density at radius 3 is 2.75 bits per heavy atom. The van der Waals surface area contributed by atoms with Crippen LogP contribution in [0.5, 0.6) is 0 Å². The monoisotopic (exact) mass is 319 g/mol. The number of nitrogens with two attached hydrogens (primary N) is 1. The van der Waals surface area contributed by atoms with Crippen molar-refractivity contribution in [2.45, 2.75) is 19.9 Å². The summed E-state index contributed by atoms with van der Waals surface area (Å²) in [5.74, 6) is 1.77. The Morgan fingerprint density at radius 2 is 1.92 bits per heavy atom. The van der Waals surface area contributed by atoms with Gasteiger partial charge in [-0.3, -0.25) is 4.57 Å². The van der Waals surface area contributed by atoms with Crippen LogP contribution in [0, 0.1) is 0 Å². The molecule has 1 aromatic carbocycles. The number of nitrogen functional groups attached to an aromatic ring is 1. The highest BCUT2D eigenvalue weighted by molar-refractivity contribution is 5.93. The van der Waals surface area contributed by atoms with Crippen molar-refractivity contribution in [2.75, 3.05) is 11.1 Å². The molecule has 0 saturated heterocycles. The van der Waals surface area contributed by atoms with E-state index in [4.69, 9.17) is 5.73 Å².